The zero-order chi connectivity index (χ0) is 14.7. The molecule has 0 spiro atoms. The number of hydrogen-bond donors (Lipinski definition) is 1. The molecule has 1 atom stereocenters. The molecule has 1 N–H and O–H groups in total. The van der Waals surface area contributed by atoms with E-state index >= 15 is 0 Å². The highest BCUT2D eigenvalue weighted by Gasteiger charge is 2.15. The minimum absolute atomic E-state index is 0.0111. The van der Waals surface area contributed by atoms with Gasteiger partial charge in [-0.3, -0.25) is 9.97 Å². The molecule has 0 radical (unpaired) electrons. The van der Waals surface area contributed by atoms with Crippen molar-refractivity contribution in [2.24, 2.45) is 0 Å². The molecular weight excluding hydrogens is 342 g/mol. The van der Waals surface area contributed by atoms with E-state index in [4.69, 9.17) is 16.3 Å². The van der Waals surface area contributed by atoms with Gasteiger partial charge in [-0.2, -0.15) is 0 Å². The molecule has 0 fully saturated rings. The SMILES string of the molecule is COc1c(Br)cc(Cl)cc1NC(C)c1nccnc1C. The van der Waals surface area contributed by atoms with Gasteiger partial charge in [-0.05, 0) is 41.9 Å². The summed E-state index contributed by atoms with van der Waals surface area (Å²) in [4.78, 5) is 8.61. The molecule has 106 valence electrons. The van der Waals surface area contributed by atoms with Crippen LogP contribution in [0, 0.1) is 6.92 Å². The fourth-order valence-electron chi connectivity index (χ4n) is 2.02. The van der Waals surface area contributed by atoms with E-state index in [1.54, 1.807) is 25.6 Å². The minimum Gasteiger partial charge on any atom is -0.493 e. The van der Waals surface area contributed by atoms with Gasteiger partial charge in [-0.15, -0.1) is 0 Å². The first-order chi connectivity index (χ1) is 9.52. The average Bonchev–Trinajstić information content (AvgIpc) is 2.38. The number of nitrogens with zero attached hydrogens (tertiary/aromatic N) is 2. The van der Waals surface area contributed by atoms with Gasteiger partial charge < -0.3 is 10.1 Å². The van der Waals surface area contributed by atoms with Crippen molar-refractivity contribution in [2.45, 2.75) is 19.9 Å². The zero-order valence-corrected chi connectivity index (χ0v) is 13.8. The van der Waals surface area contributed by atoms with E-state index in [9.17, 15) is 0 Å². The standard InChI is InChI=1S/C14H15BrClN3O/c1-8-13(18-5-4-17-8)9(2)19-12-7-10(16)6-11(15)14(12)20-3/h4-7,9,19H,1-3H3. The third-order valence-corrected chi connectivity index (χ3v) is 3.72. The number of aromatic nitrogens is 2. The predicted molar refractivity (Wildman–Crippen MR) is 84.5 cm³/mol. The van der Waals surface area contributed by atoms with E-state index in [-0.39, 0.29) is 6.04 Å². The van der Waals surface area contributed by atoms with Crippen molar-refractivity contribution in [3.05, 3.63) is 45.4 Å². The van der Waals surface area contributed by atoms with Crippen molar-refractivity contribution in [1.82, 2.24) is 9.97 Å². The van der Waals surface area contributed by atoms with E-state index in [0.29, 0.717) is 10.8 Å². The molecule has 0 aliphatic rings. The van der Waals surface area contributed by atoms with Crippen molar-refractivity contribution in [2.75, 3.05) is 12.4 Å². The lowest BCUT2D eigenvalue weighted by molar-refractivity contribution is 0.413. The van der Waals surface area contributed by atoms with Crippen LogP contribution < -0.4 is 10.1 Å². The van der Waals surface area contributed by atoms with Gasteiger partial charge in [0.15, 0.2) is 5.75 Å². The van der Waals surface area contributed by atoms with Crippen LogP contribution in [-0.2, 0) is 0 Å². The highest BCUT2D eigenvalue weighted by Crippen LogP contribution is 2.37. The summed E-state index contributed by atoms with van der Waals surface area (Å²) in [5.41, 5.74) is 2.60. The third kappa shape index (κ3) is 3.22. The Morgan fingerprint density at radius 1 is 1.30 bits per heavy atom. The number of benzene rings is 1. The lowest BCUT2D eigenvalue weighted by Crippen LogP contribution is -2.11. The Kier molecular flexibility index (Phi) is 4.83. The van der Waals surface area contributed by atoms with Crippen LogP contribution in [0.15, 0.2) is 29.0 Å². The lowest BCUT2D eigenvalue weighted by Gasteiger charge is -2.19. The number of nitrogens with one attached hydrogen (secondary N) is 1. The molecule has 2 rings (SSSR count). The second kappa shape index (κ2) is 6.41. The van der Waals surface area contributed by atoms with E-state index < -0.39 is 0 Å². The van der Waals surface area contributed by atoms with Gasteiger partial charge in [-0.1, -0.05) is 11.6 Å². The first kappa shape index (κ1) is 15.1. The number of rotatable bonds is 4. The number of halogens is 2. The molecule has 0 aliphatic carbocycles. The van der Waals surface area contributed by atoms with Crippen LogP contribution >= 0.6 is 27.5 Å². The molecule has 0 aliphatic heterocycles. The monoisotopic (exact) mass is 355 g/mol. The highest BCUT2D eigenvalue weighted by molar-refractivity contribution is 9.10. The Hall–Kier alpha value is -1.33. The maximum Gasteiger partial charge on any atom is 0.156 e. The van der Waals surface area contributed by atoms with Gasteiger partial charge in [0.1, 0.15) is 0 Å². The van der Waals surface area contributed by atoms with Crippen molar-refractivity contribution in [3.63, 3.8) is 0 Å². The van der Waals surface area contributed by atoms with Crippen LogP contribution in [0.25, 0.3) is 0 Å². The van der Waals surface area contributed by atoms with Gasteiger partial charge >= 0.3 is 0 Å². The number of ether oxygens (including phenoxy) is 1. The first-order valence-corrected chi connectivity index (χ1v) is 7.27. The van der Waals surface area contributed by atoms with Crippen LogP contribution in [0.3, 0.4) is 0 Å². The third-order valence-electron chi connectivity index (χ3n) is 2.91. The Morgan fingerprint density at radius 2 is 2.00 bits per heavy atom. The molecule has 1 aromatic heterocycles. The summed E-state index contributed by atoms with van der Waals surface area (Å²) in [7, 11) is 1.62. The van der Waals surface area contributed by atoms with Gasteiger partial charge in [-0.25, -0.2) is 0 Å². The topological polar surface area (TPSA) is 47.0 Å². The normalized spacial score (nSPS) is 12.1. The number of methoxy groups -OCH3 is 1. The first-order valence-electron chi connectivity index (χ1n) is 6.10. The summed E-state index contributed by atoms with van der Waals surface area (Å²) < 4.78 is 6.20. The smallest absolute Gasteiger partial charge is 0.156 e. The van der Waals surface area contributed by atoms with E-state index in [1.807, 2.05) is 19.9 Å². The quantitative estimate of drug-likeness (QED) is 0.883. The maximum atomic E-state index is 6.09. The molecule has 0 bridgehead atoms. The van der Waals surface area contributed by atoms with E-state index in [2.05, 4.69) is 31.2 Å². The molecule has 6 heteroatoms. The molecule has 1 unspecified atom stereocenters. The van der Waals surface area contributed by atoms with Gasteiger partial charge in [0, 0.05) is 17.4 Å². The largest absolute Gasteiger partial charge is 0.493 e. The molecule has 0 saturated carbocycles. The Labute approximate surface area is 131 Å². The Morgan fingerprint density at radius 3 is 2.65 bits per heavy atom. The fraction of sp³-hybridized carbons (Fsp3) is 0.286. The van der Waals surface area contributed by atoms with Crippen molar-refractivity contribution in [1.29, 1.82) is 0 Å². The summed E-state index contributed by atoms with van der Waals surface area (Å²) in [6, 6.07) is 3.61. The number of anilines is 1. The Balaban J connectivity index is 2.33. The van der Waals surface area contributed by atoms with E-state index in [1.165, 1.54) is 0 Å². The maximum absolute atomic E-state index is 6.09. The number of hydrogen-bond acceptors (Lipinski definition) is 4. The summed E-state index contributed by atoms with van der Waals surface area (Å²) >= 11 is 9.53. The van der Waals surface area contributed by atoms with Crippen LogP contribution in [-0.4, -0.2) is 17.1 Å². The van der Waals surface area contributed by atoms with Crippen LogP contribution in [0.2, 0.25) is 5.02 Å². The summed E-state index contributed by atoms with van der Waals surface area (Å²) in [5.74, 6) is 0.711. The highest BCUT2D eigenvalue weighted by atomic mass is 79.9. The Bertz CT molecular complexity index is 621. The average molecular weight is 357 g/mol. The van der Waals surface area contributed by atoms with Crippen molar-refractivity contribution < 1.29 is 4.74 Å². The number of aryl methyl sites for hydroxylation is 1. The van der Waals surface area contributed by atoms with Crippen molar-refractivity contribution >= 4 is 33.2 Å². The molecule has 0 saturated heterocycles. The molecule has 1 heterocycles. The van der Waals surface area contributed by atoms with Crippen LogP contribution in [0.5, 0.6) is 5.75 Å². The molecule has 20 heavy (non-hydrogen) atoms. The summed E-state index contributed by atoms with van der Waals surface area (Å²) in [5, 5.41) is 3.99. The van der Waals surface area contributed by atoms with Gasteiger partial charge in [0.2, 0.25) is 0 Å². The summed E-state index contributed by atoms with van der Waals surface area (Å²) in [6.07, 6.45) is 3.37. The second-order valence-electron chi connectivity index (χ2n) is 4.36. The van der Waals surface area contributed by atoms with Gasteiger partial charge in [0.25, 0.3) is 0 Å². The van der Waals surface area contributed by atoms with Crippen molar-refractivity contribution in [3.8, 4) is 5.75 Å². The fourth-order valence-corrected chi connectivity index (χ4v) is 2.99. The molecular formula is C14H15BrClN3O. The lowest BCUT2D eigenvalue weighted by atomic mass is 10.1. The van der Waals surface area contributed by atoms with Crippen LogP contribution in [0.1, 0.15) is 24.4 Å². The van der Waals surface area contributed by atoms with Crippen LogP contribution in [0.4, 0.5) is 5.69 Å². The minimum atomic E-state index is -0.0111. The van der Waals surface area contributed by atoms with E-state index in [0.717, 1.165) is 21.5 Å². The summed E-state index contributed by atoms with van der Waals surface area (Å²) in [6.45, 7) is 3.96. The molecule has 0 amide bonds. The zero-order valence-electron chi connectivity index (χ0n) is 11.4. The molecule has 1 aromatic carbocycles. The van der Waals surface area contributed by atoms with Gasteiger partial charge in [0.05, 0.1) is 34.7 Å². The molecule has 4 nitrogen and oxygen atoms in total. The predicted octanol–water partition coefficient (Wildman–Crippen LogP) is 4.38. The molecule has 2 aromatic rings. The second-order valence-corrected chi connectivity index (χ2v) is 5.65.